The summed E-state index contributed by atoms with van der Waals surface area (Å²) < 4.78 is 13.1. The summed E-state index contributed by atoms with van der Waals surface area (Å²) in [5, 5.41) is 0. The molecule has 112 valence electrons. The molecule has 1 aromatic rings. The first-order valence-corrected chi connectivity index (χ1v) is 8.07. The molecule has 0 radical (unpaired) electrons. The van der Waals surface area contributed by atoms with Crippen molar-refractivity contribution in [2.24, 2.45) is 5.73 Å². The van der Waals surface area contributed by atoms with E-state index < -0.39 is 0 Å². The lowest BCUT2D eigenvalue weighted by Crippen LogP contribution is -2.37. The lowest BCUT2D eigenvalue weighted by molar-refractivity contribution is -0.126. The van der Waals surface area contributed by atoms with Crippen molar-refractivity contribution in [1.82, 2.24) is 0 Å². The van der Waals surface area contributed by atoms with Crippen LogP contribution in [-0.4, -0.2) is 24.4 Å². The molecule has 1 aliphatic rings. The molecule has 4 unspecified atom stereocenters. The highest BCUT2D eigenvalue weighted by Crippen LogP contribution is 2.30. The molecule has 0 amide bonds. The number of nitrogens with two attached hydrogens (primary N) is 1. The van der Waals surface area contributed by atoms with E-state index in [9.17, 15) is 0 Å². The molecule has 1 saturated heterocycles. The van der Waals surface area contributed by atoms with Gasteiger partial charge in [-0.25, -0.2) is 0 Å². The van der Waals surface area contributed by atoms with Gasteiger partial charge in [-0.1, -0.05) is 28.1 Å². The fraction of sp³-hybridized carbons (Fsp3) is 0.625. The van der Waals surface area contributed by atoms with Crippen LogP contribution in [0.3, 0.4) is 0 Å². The topological polar surface area (TPSA) is 44.5 Å². The quantitative estimate of drug-likeness (QED) is 0.905. The molecule has 4 heteroatoms. The third-order valence-electron chi connectivity index (χ3n) is 3.65. The summed E-state index contributed by atoms with van der Waals surface area (Å²) in [7, 11) is 0. The van der Waals surface area contributed by atoms with Crippen LogP contribution >= 0.6 is 15.9 Å². The SMILES string of the molecule is CC1CC(OC(c2cccc(Br)c2)C(C)N)CC(C)O1. The van der Waals surface area contributed by atoms with Crippen LogP contribution in [0, 0.1) is 0 Å². The van der Waals surface area contributed by atoms with Gasteiger partial charge in [0, 0.05) is 10.5 Å². The van der Waals surface area contributed by atoms with Gasteiger partial charge in [0.1, 0.15) is 0 Å². The minimum Gasteiger partial charge on any atom is -0.375 e. The predicted octanol–water partition coefficient (Wildman–Crippen LogP) is 3.81. The molecule has 1 aromatic carbocycles. The summed E-state index contributed by atoms with van der Waals surface area (Å²) >= 11 is 3.51. The van der Waals surface area contributed by atoms with Crippen molar-refractivity contribution >= 4 is 15.9 Å². The second-order valence-electron chi connectivity index (χ2n) is 5.82. The number of hydrogen-bond acceptors (Lipinski definition) is 3. The van der Waals surface area contributed by atoms with Crippen LogP contribution in [0.2, 0.25) is 0 Å². The van der Waals surface area contributed by atoms with Gasteiger partial charge in [0.05, 0.1) is 24.4 Å². The highest BCUT2D eigenvalue weighted by atomic mass is 79.9. The van der Waals surface area contributed by atoms with E-state index in [0.29, 0.717) is 0 Å². The number of rotatable bonds is 4. The maximum Gasteiger partial charge on any atom is 0.0977 e. The molecule has 2 N–H and O–H groups in total. The Morgan fingerprint density at radius 3 is 2.50 bits per heavy atom. The van der Waals surface area contributed by atoms with E-state index in [-0.39, 0.29) is 30.5 Å². The Balaban J connectivity index is 2.10. The third kappa shape index (κ3) is 4.29. The predicted molar refractivity (Wildman–Crippen MR) is 84.6 cm³/mol. The smallest absolute Gasteiger partial charge is 0.0977 e. The molecule has 2 rings (SSSR count). The molecule has 20 heavy (non-hydrogen) atoms. The van der Waals surface area contributed by atoms with Crippen LogP contribution in [-0.2, 0) is 9.47 Å². The Bertz CT molecular complexity index is 428. The van der Waals surface area contributed by atoms with Crippen LogP contribution in [0.15, 0.2) is 28.7 Å². The fourth-order valence-corrected chi connectivity index (χ4v) is 3.27. The fourth-order valence-electron chi connectivity index (χ4n) is 2.85. The molecule has 1 aliphatic heterocycles. The third-order valence-corrected chi connectivity index (χ3v) is 4.14. The summed E-state index contributed by atoms with van der Waals surface area (Å²) in [5.41, 5.74) is 7.26. The lowest BCUT2D eigenvalue weighted by Gasteiger charge is -2.35. The molecule has 0 spiro atoms. The molecule has 1 fully saturated rings. The van der Waals surface area contributed by atoms with Crippen LogP contribution in [0.25, 0.3) is 0 Å². The Morgan fingerprint density at radius 1 is 1.30 bits per heavy atom. The van der Waals surface area contributed by atoms with Gasteiger partial charge in [-0.15, -0.1) is 0 Å². The van der Waals surface area contributed by atoms with E-state index in [4.69, 9.17) is 15.2 Å². The first-order chi connectivity index (χ1) is 9.45. The van der Waals surface area contributed by atoms with E-state index in [1.807, 2.05) is 19.1 Å². The van der Waals surface area contributed by atoms with E-state index >= 15 is 0 Å². The maximum absolute atomic E-state index is 6.31. The van der Waals surface area contributed by atoms with Crippen molar-refractivity contribution in [1.29, 1.82) is 0 Å². The van der Waals surface area contributed by atoms with E-state index in [1.54, 1.807) is 0 Å². The highest BCUT2D eigenvalue weighted by Gasteiger charge is 2.29. The largest absolute Gasteiger partial charge is 0.375 e. The molecular weight excluding hydrogens is 318 g/mol. The molecule has 0 aliphatic carbocycles. The van der Waals surface area contributed by atoms with Crippen molar-refractivity contribution in [3.63, 3.8) is 0 Å². The first kappa shape index (κ1) is 16.0. The van der Waals surface area contributed by atoms with Gasteiger partial charge < -0.3 is 15.2 Å². The van der Waals surface area contributed by atoms with Gasteiger partial charge in [-0.3, -0.25) is 0 Å². The molecule has 0 aromatic heterocycles. The summed E-state index contributed by atoms with van der Waals surface area (Å²) in [4.78, 5) is 0. The van der Waals surface area contributed by atoms with Crippen molar-refractivity contribution in [3.05, 3.63) is 34.3 Å². The zero-order chi connectivity index (χ0) is 14.7. The summed E-state index contributed by atoms with van der Waals surface area (Å²) in [6, 6.07) is 8.15. The standard InChI is InChI=1S/C16H24BrNO2/c1-10-7-15(8-11(2)19-10)20-16(12(3)18)13-5-4-6-14(17)9-13/h4-6,9-12,15-16H,7-8,18H2,1-3H3. The van der Waals surface area contributed by atoms with Gasteiger partial charge >= 0.3 is 0 Å². The van der Waals surface area contributed by atoms with Crippen molar-refractivity contribution in [2.75, 3.05) is 0 Å². The first-order valence-electron chi connectivity index (χ1n) is 7.27. The molecule has 4 atom stereocenters. The molecule has 0 bridgehead atoms. The molecule has 0 saturated carbocycles. The second-order valence-corrected chi connectivity index (χ2v) is 6.74. The monoisotopic (exact) mass is 341 g/mol. The normalized spacial score (nSPS) is 29.9. The van der Waals surface area contributed by atoms with Crippen LogP contribution in [0.1, 0.15) is 45.3 Å². The zero-order valence-corrected chi connectivity index (χ0v) is 14.0. The molecular formula is C16H24BrNO2. The van der Waals surface area contributed by atoms with Gasteiger partial charge in [0.15, 0.2) is 0 Å². The maximum atomic E-state index is 6.31. The Hall–Kier alpha value is -0.420. The van der Waals surface area contributed by atoms with Crippen LogP contribution in [0.4, 0.5) is 0 Å². The minimum absolute atomic E-state index is 0.0437. The lowest BCUT2D eigenvalue weighted by atomic mass is 10.00. The van der Waals surface area contributed by atoms with Crippen LogP contribution in [0.5, 0.6) is 0 Å². The summed E-state index contributed by atoms with van der Waals surface area (Å²) in [5.74, 6) is 0. The minimum atomic E-state index is -0.0741. The average molecular weight is 342 g/mol. The Labute approximate surface area is 130 Å². The van der Waals surface area contributed by atoms with Crippen molar-refractivity contribution in [3.8, 4) is 0 Å². The highest BCUT2D eigenvalue weighted by molar-refractivity contribution is 9.10. The zero-order valence-electron chi connectivity index (χ0n) is 12.4. The van der Waals surface area contributed by atoms with E-state index in [0.717, 1.165) is 22.9 Å². The second kappa shape index (κ2) is 7.03. The average Bonchev–Trinajstić information content (AvgIpc) is 2.34. The van der Waals surface area contributed by atoms with E-state index in [2.05, 4.69) is 41.9 Å². The van der Waals surface area contributed by atoms with Crippen molar-refractivity contribution in [2.45, 2.75) is 64.1 Å². The van der Waals surface area contributed by atoms with Gasteiger partial charge in [0.2, 0.25) is 0 Å². The van der Waals surface area contributed by atoms with Crippen LogP contribution < -0.4 is 5.73 Å². The van der Waals surface area contributed by atoms with Gasteiger partial charge in [-0.05, 0) is 51.3 Å². The van der Waals surface area contributed by atoms with Gasteiger partial charge in [0.25, 0.3) is 0 Å². The molecule has 1 heterocycles. The number of hydrogen-bond donors (Lipinski definition) is 1. The number of ether oxygens (including phenoxy) is 2. The van der Waals surface area contributed by atoms with Gasteiger partial charge in [-0.2, -0.15) is 0 Å². The Morgan fingerprint density at radius 2 is 1.95 bits per heavy atom. The van der Waals surface area contributed by atoms with E-state index in [1.165, 1.54) is 0 Å². The summed E-state index contributed by atoms with van der Waals surface area (Å²) in [6.07, 6.45) is 2.50. The Kier molecular flexibility index (Phi) is 5.61. The summed E-state index contributed by atoms with van der Waals surface area (Å²) in [6.45, 7) is 6.20. The number of halogens is 1. The molecule has 3 nitrogen and oxygen atoms in total. The van der Waals surface area contributed by atoms with Crippen molar-refractivity contribution < 1.29 is 9.47 Å². The number of benzene rings is 1.